The van der Waals surface area contributed by atoms with Gasteiger partial charge in [0.1, 0.15) is 0 Å². The summed E-state index contributed by atoms with van der Waals surface area (Å²) in [7, 11) is 0. The predicted molar refractivity (Wildman–Crippen MR) is 103 cm³/mol. The number of pyridine rings is 1. The number of nitrogens with zero attached hydrogens (tertiary/aromatic N) is 3. The summed E-state index contributed by atoms with van der Waals surface area (Å²) in [6.45, 7) is 5.38. The Morgan fingerprint density at radius 2 is 2.07 bits per heavy atom. The number of fused-ring (bicyclic) bond motifs is 1. The van der Waals surface area contributed by atoms with E-state index in [2.05, 4.69) is 15.4 Å². The van der Waals surface area contributed by atoms with Crippen LogP contribution in [-0.4, -0.2) is 33.2 Å². The van der Waals surface area contributed by atoms with Crippen molar-refractivity contribution in [1.82, 2.24) is 14.8 Å². The Kier molecular flexibility index (Phi) is 5.41. The Morgan fingerprint density at radius 3 is 2.81 bits per heavy atom. The van der Waals surface area contributed by atoms with E-state index in [1.807, 2.05) is 13.8 Å². The van der Waals surface area contributed by atoms with E-state index in [1.165, 1.54) is 6.20 Å². The second-order valence-corrected chi connectivity index (χ2v) is 6.76. The van der Waals surface area contributed by atoms with E-state index in [0.717, 1.165) is 10.9 Å². The summed E-state index contributed by atoms with van der Waals surface area (Å²) < 4.78 is 6.85. The standard InChI is InChI=1S/C19H19ClN4O3/c1-11(2)24-18-13(9-22-24)7-14(8-21-18)19(26)27-10-17(25)23-16-6-4-5-15(20)12(16)3/h4-9,11H,10H2,1-3H3,(H,23,25). The van der Waals surface area contributed by atoms with Crippen LogP contribution in [0.2, 0.25) is 5.02 Å². The number of anilines is 1. The maximum atomic E-state index is 12.2. The highest BCUT2D eigenvalue weighted by molar-refractivity contribution is 6.31. The monoisotopic (exact) mass is 386 g/mol. The third kappa shape index (κ3) is 4.09. The number of carbonyl (C=O) groups is 2. The first-order valence-corrected chi connectivity index (χ1v) is 8.80. The average molecular weight is 387 g/mol. The summed E-state index contributed by atoms with van der Waals surface area (Å²) in [4.78, 5) is 28.5. The van der Waals surface area contributed by atoms with Crippen molar-refractivity contribution in [1.29, 1.82) is 0 Å². The fourth-order valence-corrected chi connectivity index (χ4v) is 2.75. The molecular formula is C19H19ClN4O3. The number of esters is 1. The molecule has 2 heterocycles. The van der Waals surface area contributed by atoms with Gasteiger partial charge in [0.2, 0.25) is 0 Å². The second kappa shape index (κ2) is 7.75. The van der Waals surface area contributed by atoms with Gasteiger partial charge in [0, 0.05) is 28.3 Å². The Labute approximate surface area is 161 Å². The van der Waals surface area contributed by atoms with Gasteiger partial charge in [-0.05, 0) is 44.5 Å². The molecule has 0 spiro atoms. The van der Waals surface area contributed by atoms with Gasteiger partial charge < -0.3 is 10.1 Å². The molecule has 0 bridgehead atoms. The van der Waals surface area contributed by atoms with Crippen LogP contribution < -0.4 is 5.32 Å². The lowest BCUT2D eigenvalue weighted by Gasteiger charge is -2.10. The summed E-state index contributed by atoms with van der Waals surface area (Å²) in [5.41, 5.74) is 2.27. The molecule has 0 saturated heterocycles. The highest BCUT2D eigenvalue weighted by Crippen LogP contribution is 2.23. The summed E-state index contributed by atoms with van der Waals surface area (Å²) in [6.07, 6.45) is 3.07. The molecule has 140 valence electrons. The van der Waals surface area contributed by atoms with Crippen molar-refractivity contribution in [3.05, 3.63) is 52.8 Å². The lowest BCUT2D eigenvalue weighted by Crippen LogP contribution is -2.21. The van der Waals surface area contributed by atoms with Crippen LogP contribution in [0, 0.1) is 6.92 Å². The molecular weight excluding hydrogens is 368 g/mol. The number of aromatic nitrogens is 3. The van der Waals surface area contributed by atoms with Crippen LogP contribution in [0.4, 0.5) is 5.69 Å². The van der Waals surface area contributed by atoms with Crippen molar-refractivity contribution in [3.8, 4) is 0 Å². The SMILES string of the molecule is Cc1c(Cl)cccc1NC(=O)COC(=O)c1cnc2c(cnn2C(C)C)c1. The number of rotatable bonds is 5. The summed E-state index contributed by atoms with van der Waals surface area (Å²) >= 11 is 6.02. The van der Waals surface area contributed by atoms with E-state index >= 15 is 0 Å². The molecule has 0 radical (unpaired) electrons. The van der Waals surface area contributed by atoms with E-state index in [0.29, 0.717) is 16.4 Å². The molecule has 0 fully saturated rings. The first-order valence-electron chi connectivity index (χ1n) is 8.42. The highest BCUT2D eigenvalue weighted by Gasteiger charge is 2.15. The van der Waals surface area contributed by atoms with E-state index in [4.69, 9.17) is 16.3 Å². The molecule has 0 aliphatic heterocycles. The zero-order chi connectivity index (χ0) is 19.6. The molecule has 3 aromatic rings. The van der Waals surface area contributed by atoms with E-state index in [1.54, 1.807) is 42.1 Å². The topological polar surface area (TPSA) is 86.1 Å². The number of halogens is 1. The summed E-state index contributed by atoms with van der Waals surface area (Å²) in [6, 6.07) is 7.00. The summed E-state index contributed by atoms with van der Waals surface area (Å²) in [5.74, 6) is -1.07. The molecule has 1 aromatic carbocycles. The minimum atomic E-state index is -0.625. The van der Waals surface area contributed by atoms with Gasteiger partial charge >= 0.3 is 5.97 Å². The maximum Gasteiger partial charge on any atom is 0.340 e. The number of hydrogen-bond donors (Lipinski definition) is 1. The van der Waals surface area contributed by atoms with Crippen molar-refractivity contribution >= 4 is 40.2 Å². The van der Waals surface area contributed by atoms with Gasteiger partial charge in [-0.2, -0.15) is 5.10 Å². The Hall–Kier alpha value is -2.93. The number of carbonyl (C=O) groups excluding carboxylic acids is 2. The second-order valence-electron chi connectivity index (χ2n) is 6.36. The van der Waals surface area contributed by atoms with E-state index in [-0.39, 0.29) is 11.6 Å². The van der Waals surface area contributed by atoms with Crippen LogP contribution in [0.3, 0.4) is 0 Å². The van der Waals surface area contributed by atoms with Crippen LogP contribution in [0.5, 0.6) is 0 Å². The first kappa shape index (κ1) is 18.8. The molecule has 1 amide bonds. The van der Waals surface area contributed by atoms with Crippen LogP contribution in [0.15, 0.2) is 36.7 Å². The fraction of sp³-hybridized carbons (Fsp3) is 0.263. The fourth-order valence-electron chi connectivity index (χ4n) is 2.57. The molecule has 0 aliphatic carbocycles. The average Bonchev–Trinajstić information content (AvgIpc) is 3.07. The smallest absolute Gasteiger partial charge is 0.340 e. The molecule has 8 heteroatoms. The van der Waals surface area contributed by atoms with Crippen molar-refractivity contribution < 1.29 is 14.3 Å². The number of nitrogens with one attached hydrogen (secondary N) is 1. The first-order chi connectivity index (χ1) is 12.9. The number of ether oxygens (including phenoxy) is 1. The van der Waals surface area contributed by atoms with Crippen molar-refractivity contribution in [3.63, 3.8) is 0 Å². The van der Waals surface area contributed by atoms with Crippen LogP contribution in [0.25, 0.3) is 11.0 Å². The van der Waals surface area contributed by atoms with Crippen LogP contribution >= 0.6 is 11.6 Å². The van der Waals surface area contributed by atoms with Gasteiger partial charge in [-0.25, -0.2) is 14.5 Å². The lowest BCUT2D eigenvalue weighted by atomic mass is 10.2. The molecule has 27 heavy (non-hydrogen) atoms. The van der Waals surface area contributed by atoms with E-state index < -0.39 is 18.5 Å². The normalized spacial score (nSPS) is 11.0. The number of benzene rings is 1. The maximum absolute atomic E-state index is 12.2. The van der Waals surface area contributed by atoms with Crippen molar-refractivity contribution in [2.45, 2.75) is 26.8 Å². The lowest BCUT2D eigenvalue weighted by molar-refractivity contribution is -0.119. The predicted octanol–water partition coefficient (Wildman–Crippen LogP) is 3.77. The largest absolute Gasteiger partial charge is 0.452 e. The molecule has 3 rings (SSSR count). The molecule has 1 N–H and O–H groups in total. The van der Waals surface area contributed by atoms with Gasteiger partial charge in [0.15, 0.2) is 12.3 Å². The van der Waals surface area contributed by atoms with Gasteiger partial charge in [-0.3, -0.25) is 4.79 Å². The zero-order valence-electron chi connectivity index (χ0n) is 15.2. The van der Waals surface area contributed by atoms with Gasteiger partial charge in [0.25, 0.3) is 5.91 Å². The van der Waals surface area contributed by atoms with Gasteiger partial charge in [-0.1, -0.05) is 17.7 Å². The Morgan fingerprint density at radius 1 is 1.30 bits per heavy atom. The highest BCUT2D eigenvalue weighted by atomic mass is 35.5. The third-order valence-electron chi connectivity index (χ3n) is 4.03. The summed E-state index contributed by atoms with van der Waals surface area (Å²) in [5, 5.41) is 8.21. The van der Waals surface area contributed by atoms with Crippen molar-refractivity contribution in [2.24, 2.45) is 0 Å². The van der Waals surface area contributed by atoms with E-state index in [9.17, 15) is 9.59 Å². The van der Waals surface area contributed by atoms with Gasteiger partial charge in [0.05, 0.1) is 11.8 Å². The third-order valence-corrected chi connectivity index (χ3v) is 4.44. The molecule has 0 aliphatic rings. The minimum Gasteiger partial charge on any atom is -0.452 e. The Balaban J connectivity index is 1.64. The van der Waals surface area contributed by atoms with Crippen molar-refractivity contribution in [2.75, 3.05) is 11.9 Å². The number of amides is 1. The molecule has 7 nitrogen and oxygen atoms in total. The Bertz CT molecular complexity index is 1010. The molecule has 0 atom stereocenters. The quantitative estimate of drug-likeness (QED) is 0.674. The zero-order valence-corrected chi connectivity index (χ0v) is 15.9. The molecule has 0 unspecified atom stereocenters. The number of hydrogen-bond acceptors (Lipinski definition) is 5. The molecule has 0 saturated carbocycles. The minimum absolute atomic E-state index is 0.159. The van der Waals surface area contributed by atoms with Crippen LogP contribution in [-0.2, 0) is 9.53 Å². The van der Waals surface area contributed by atoms with Crippen LogP contribution in [0.1, 0.15) is 35.8 Å². The molecule has 2 aromatic heterocycles. The van der Waals surface area contributed by atoms with Gasteiger partial charge in [-0.15, -0.1) is 0 Å².